The second kappa shape index (κ2) is 12.1. The van der Waals surface area contributed by atoms with Crippen molar-refractivity contribution in [1.29, 1.82) is 0 Å². The molecule has 5 rings (SSSR count). The number of nitrogens with one attached hydrogen (secondary N) is 2. The number of alkyl halides is 3. The summed E-state index contributed by atoms with van der Waals surface area (Å²) in [7, 11) is 0. The fraction of sp³-hybridized carbons (Fsp3) is 0.233. The molecule has 0 unspecified atom stereocenters. The molecule has 1 aliphatic carbocycles. The summed E-state index contributed by atoms with van der Waals surface area (Å²) in [5.74, 6) is -0.810. The van der Waals surface area contributed by atoms with Gasteiger partial charge in [0.25, 0.3) is 5.91 Å². The lowest BCUT2D eigenvalue weighted by Crippen LogP contribution is -2.30. The second-order valence-electron chi connectivity index (χ2n) is 10.0. The predicted octanol–water partition coefficient (Wildman–Crippen LogP) is 8.25. The van der Waals surface area contributed by atoms with Crippen molar-refractivity contribution in [3.8, 4) is 17.0 Å². The van der Waals surface area contributed by atoms with E-state index in [1.807, 2.05) is 0 Å². The molecule has 1 aromatic heterocycles. The quantitative estimate of drug-likeness (QED) is 0.190. The van der Waals surface area contributed by atoms with Crippen molar-refractivity contribution in [2.75, 3.05) is 5.32 Å². The van der Waals surface area contributed by atoms with E-state index in [-0.39, 0.29) is 35.0 Å². The minimum atomic E-state index is -4.59. The fourth-order valence-corrected chi connectivity index (χ4v) is 5.28. The van der Waals surface area contributed by atoms with Crippen LogP contribution in [0.3, 0.4) is 0 Å². The number of benzene rings is 3. The Morgan fingerprint density at radius 2 is 1.74 bits per heavy atom. The van der Waals surface area contributed by atoms with Gasteiger partial charge in [-0.3, -0.25) is 4.79 Å². The van der Waals surface area contributed by atoms with Gasteiger partial charge in [-0.05, 0) is 73.0 Å². The number of anilines is 1. The molecule has 4 aromatic rings. The van der Waals surface area contributed by atoms with Gasteiger partial charge in [-0.15, -0.1) is 0 Å². The molecule has 0 bridgehead atoms. The third kappa shape index (κ3) is 6.55. The molecule has 7 nitrogen and oxygen atoms in total. The van der Waals surface area contributed by atoms with Gasteiger partial charge in [-0.25, -0.2) is 4.79 Å². The molecule has 0 spiro atoms. The molecular weight excluding hydrogens is 592 g/mol. The van der Waals surface area contributed by atoms with Crippen LogP contribution in [0.1, 0.15) is 58.8 Å². The highest BCUT2D eigenvalue weighted by atomic mass is 35.5. The minimum absolute atomic E-state index is 0.0907. The third-order valence-electron chi connectivity index (χ3n) is 7.11. The van der Waals surface area contributed by atoms with Gasteiger partial charge in [-0.1, -0.05) is 48.2 Å². The Hall–Kier alpha value is -4.02. The number of nitrogens with zero attached hydrogens (tertiary/aromatic N) is 2. The maximum atomic E-state index is 13.3. The van der Waals surface area contributed by atoms with Crippen molar-refractivity contribution >= 4 is 40.8 Å². The van der Waals surface area contributed by atoms with E-state index in [0.29, 0.717) is 21.4 Å². The number of phenolic OH excluding ortho intramolecular Hbond substituents is 1. The van der Waals surface area contributed by atoms with Gasteiger partial charge in [0.05, 0.1) is 27.0 Å². The highest BCUT2D eigenvalue weighted by Crippen LogP contribution is 2.38. The Bertz CT molecular complexity index is 1650. The van der Waals surface area contributed by atoms with E-state index < -0.39 is 23.7 Å². The number of amides is 2. The molecule has 0 radical (unpaired) electrons. The standard InChI is InChI=1S/C30H25Cl2F3N4O3/c31-23-10-8-17(12-24(23)32)16-36-29(42)39-26(18-4-1-2-5-18)15-25(38-39)22-14-21(9-11-27(22)40)37-28(41)19-6-3-7-20(13-19)30(33,34)35/h3,6-15,18,40H,1-2,4-5,16H2,(H,36,42)(H,37,41). The first-order valence-electron chi connectivity index (χ1n) is 13.1. The molecule has 1 aliphatic rings. The summed E-state index contributed by atoms with van der Waals surface area (Å²) in [6.07, 6.45) is -0.808. The summed E-state index contributed by atoms with van der Waals surface area (Å²) in [5.41, 5.74) is 1.09. The summed E-state index contributed by atoms with van der Waals surface area (Å²) in [4.78, 5) is 26.0. The second-order valence-corrected chi connectivity index (χ2v) is 10.8. The van der Waals surface area contributed by atoms with Crippen molar-refractivity contribution in [2.24, 2.45) is 0 Å². The van der Waals surface area contributed by atoms with Crippen LogP contribution < -0.4 is 10.6 Å². The van der Waals surface area contributed by atoms with E-state index in [0.717, 1.165) is 49.4 Å². The molecule has 3 aromatic carbocycles. The highest BCUT2D eigenvalue weighted by molar-refractivity contribution is 6.42. The summed E-state index contributed by atoms with van der Waals surface area (Å²) >= 11 is 12.1. The number of aromatic nitrogens is 2. The Balaban J connectivity index is 1.41. The normalized spacial score (nSPS) is 13.7. The van der Waals surface area contributed by atoms with Crippen LogP contribution in [0.2, 0.25) is 10.0 Å². The molecule has 1 fully saturated rings. The molecule has 1 heterocycles. The van der Waals surface area contributed by atoms with Gasteiger partial charge < -0.3 is 15.7 Å². The summed E-state index contributed by atoms with van der Waals surface area (Å²) in [6, 6.07) is 14.6. The van der Waals surface area contributed by atoms with Crippen LogP contribution in [-0.4, -0.2) is 26.8 Å². The van der Waals surface area contributed by atoms with Crippen molar-refractivity contribution in [3.05, 3.63) is 99.2 Å². The van der Waals surface area contributed by atoms with E-state index in [4.69, 9.17) is 23.2 Å². The topological polar surface area (TPSA) is 96.2 Å². The van der Waals surface area contributed by atoms with Crippen LogP contribution >= 0.6 is 23.2 Å². The molecule has 3 N–H and O–H groups in total. The van der Waals surface area contributed by atoms with Gasteiger partial charge in [0.1, 0.15) is 5.75 Å². The fourth-order valence-electron chi connectivity index (χ4n) is 4.96. The van der Waals surface area contributed by atoms with Crippen molar-refractivity contribution in [2.45, 2.75) is 44.3 Å². The van der Waals surface area contributed by atoms with Crippen molar-refractivity contribution in [1.82, 2.24) is 15.1 Å². The van der Waals surface area contributed by atoms with Gasteiger partial charge in [0.15, 0.2) is 0 Å². The number of rotatable bonds is 6. The first kappa shape index (κ1) is 29.5. The molecule has 2 amide bonds. The van der Waals surface area contributed by atoms with Crippen LogP contribution in [0, 0.1) is 0 Å². The third-order valence-corrected chi connectivity index (χ3v) is 7.85. The zero-order valence-electron chi connectivity index (χ0n) is 22.0. The smallest absolute Gasteiger partial charge is 0.416 e. The van der Waals surface area contributed by atoms with E-state index in [9.17, 15) is 27.9 Å². The average Bonchev–Trinajstić information content (AvgIpc) is 3.65. The Morgan fingerprint density at radius 1 is 0.976 bits per heavy atom. The lowest BCUT2D eigenvalue weighted by Gasteiger charge is -2.12. The molecule has 0 aliphatic heterocycles. The van der Waals surface area contributed by atoms with E-state index in [2.05, 4.69) is 15.7 Å². The minimum Gasteiger partial charge on any atom is -0.507 e. The van der Waals surface area contributed by atoms with Crippen LogP contribution in [0.15, 0.2) is 66.7 Å². The summed E-state index contributed by atoms with van der Waals surface area (Å²) in [5, 5.41) is 21.3. The molecule has 218 valence electrons. The number of halogens is 5. The largest absolute Gasteiger partial charge is 0.507 e. The molecule has 1 saturated carbocycles. The maximum Gasteiger partial charge on any atom is 0.416 e. The summed E-state index contributed by atoms with van der Waals surface area (Å²) < 4.78 is 40.6. The van der Waals surface area contributed by atoms with E-state index >= 15 is 0 Å². The Kier molecular flexibility index (Phi) is 8.47. The molecule has 0 atom stereocenters. The van der Waals surface area contributed by atoms with Crippen LogP contribution in [-0.2, 0) is 12.7 Å². The van der Waals surface area contributed by atoms with Crippen LogP contribution in [0.25, 0.3) is 11.3 Å². The van der Waals surface area contributed by atoms with Crippen LogP contribution in [0.4, 0.5) is 23.7 Å². The number of carbonyl (C=O) groups is 2. The van der Waals surface area contributed by atoms with Crippen LogP contribution in [0.5, 0.6) is 5.75 Å². The number of aromatic hydroxyl groups is 1. The lowest BCUT2D eigenvalue weighted by molar-refractivity contribution is -0.137. The van der Waals surface area contributed by atoms with Crippen molar-refractivity contribution in [3.63, 3.8) is 0 Å². The number of phenols is 1. The zero-order valence-corrected chi connectivity index (χ0v) is 23.5. The molecule has 42 heavy (non-hydrogen) atoms. The Labute approximate surface area is 249 Å². The van der Waals surface area contributed by atoms with Gasteiger partial charge in [0, 0.05) is 29.3 Å². The first-order valence-corrected chi connectivity index (χ1v) is 13.9. The predicted molar refractivity (Wildman–Crippen MR) is 154 cm³/mol. The van der Waals surface area contributed by atoms with E-state index in [1.165, 1.54) is 28.9 Å². The number of hydrogen-bond donors (Lipinski definition) is 3. The van der Waals surface area contributed by atoms with Gasteiger partial charge >= 0.3 is 12.2 Å². The zero-order chi connectivity index (χ0) is 30.0. The SMILES string of the molecule is O=C(Nc1ccc(O)c(-c2cc(C3CCCC3)n(C(=O)NCc3ccc(Cl)c(Cl)c3)n2)c1)c1cccc(C(F)(F)F)c1. The van der Waals surface area contributed by atoms with Gasteiger partial charge in [-0.2, -0.15) is 23.0 Å². The monoisotopic (exact) mass is 616 g/mol. The van der Waals surface area contributed by atoms with E-state index in [1.54, 1.807) is 24.3 Å². The van der Waals surface area contributed by atoms with Crippen molar-refractivity contribution < 1.29 is 27.9 Å². The molecule has 12 heteroatoms. The lowest BCUT2D eigenvalue weighted by atomic mass is 10.0. The first-order chi connectivity index (χ1) is 20.0. The number of carbonyl (C=O) groups excluding carboxylic acids is 2. The highest BCUT2D eigenvalue weighted by Gasteiger charge is 2.31. The maximum absolute atomic E-state index is 13.3. The molecule has 0 saturated heterocycles. The Morgan fingerprint density at radius 3 is 2.45 bits per heavy atom. The average molecular weight is 617 g/mol. The summed E-state index contributed by atoms with van der Waals surface area (Å²) in [6.45, 7) is 0.178. The van der Waals surface area contributed by atoms with Gasteiger partial charge in [0.2, 0.25) is 0 Å². The molecular formula is C30H25Cl2F3N4O3. The number of hydrogen-bond acceptors (Lipinski definition) is 4.